The van der Waals surface area contributed by atoms with Crippen molar-refractivity contribution in [3.05, 3.63) is 95.8 Å². The summed E-state index contributed by atoms with van der Waals surface area (Å²) in [5, 5.41) is 0. The van der Waals surface area contributed by atoms with Crippen LogP contribution in [0, 0.1) is 5.82 Å². The number of benzene rings is 3. The van der Waals surface area contributed by atoms with Crippen LogP contribution in [0.5, 0.6) is 0 Å². The van der Waals surface area contributed by atoms with E-state index in [2.05, 4.69) is 64.4 Å². The average molecular weight is 415 g/mol. The molecule has 2 aliphatic rings. The number of ketones is 1. The third-order valence-corrected chi connectivity index (χ3v) is 6.67. The van der Waals surface area contributed by atoms with E-state index in [4.69, 9.17) is 0 Å². The maximum atomic E-state index is 13.1. The van der Waals surface area contributed by atoms with E-state index in [1.54, 1.807) is 12.1 Å². The Kier molecular flexibility index (Phi) is 5.56. The van der Waals surface area contributed by atoms with E-state index in [0.29, 0.717) is 23.9 Å². The predicted molar refractivity (Wildman–Crippen MR) is 123 cm³/mol. The first-order chi connectivity index (χ1) is 15.2. The molecule has 0 aliphatic carbocycles. The fourth-order valence-electron chi connectivity index (χ4n) is 5.19. The molecule has 0 aromatic heterocycles. The zero-order valence-corrected chi connectivity index (χ0v) is 17.6. The van der Waals surface area contributed by atoms with Crippen molar-refractivity contribution in [3.8, 4) is 0 Å². The number of para-hydroxylation sites is 2. The van der Waals surface area contributed by atoms with Crippen LogP contribution in [0.1, 0.15) is 41.1 Å². The monoisotopic (exact) mass is 414 g/mol. The highest BCUT2D eigenvalue weighted by atomic mass is 19.1. The van der Waals surface area contributed by atoms with Crippen molar-refractivity contribution < 1.29 is 9.18 Å². The van der Waals surface area contributed by atoms with E-state index in [1.165, 1.54) is 29.1 Å². The van der Waals surface area contributed by atoms with Gasteiger partial charge in [0.1, 0.15) is 5.82 Å². The van der Waals surface area contributed by atoms with Crippen molar-refractivity contribution >= 4 is 17.2 Å². The van der Waals surface area contributed by atoms with Crippen molar-refractivity contribution in [2.24, 2.45) is 0 Å². The third-order valence-electron chi connectivity index (χ3n) is 6.67. The highest BCUT2D eigenvalue weighted by Gasteiger charge is 2.42. The molecular formula is C27H27FN2O. The van der Waals surface area contributed by atoms with Gasteiger partial charge in [-0.25, -0.2) is 4.39 Å². The Morgan fingerprint density at radius 2 is 1.68 bits per heavy atom. The van der Waals surface area contributed by atoms with Crippen molar-refractivity contribution in [2.75, 3.05) is 24.5 Å². The number of rotatable bonds is 6. The van der Waals surface area contributed by atoms with Gasteiger partial charge in [0.15, 0.2) is 5.78 Å². The van der Waals surface area contributed by atoms with Gasteiger partial charge < -0.3 is 9.80 Å². The van der Waals surface area contributed by atoms with Crippen LogP contribution in [0.3, 0.4) is 0 Å². The van der Waals surface area contributed by atoms with Crippen LogP contribution in [0.2, 0.25) is 0 Å². The van der Waals surface area contributed by atoms with Crippen LogP contribution in [0.25, 0.3) is 0 Å². The summed E-state index contributed by atoms with van der Waals surface area (Å²) in [6.45, 7) is 2.99. The summed E-state index contributed by atoms with van der Waals surface area (Å²) in [4.78, 5) is 17.4. The van der Waals surface area contributed by atoms with Gasteiger partial charge in [-0.1, -0.05) is 36.4 Å². The fourth-order valence-corrected chi connectivity index (χ4v) is 5.19. The zero-order valence-electron chi connectivity index (χ0n) is 17.6. The maximum absolute atomic E-state index is 13.1. The topological polar surface area (TPSA) is 23.6 Å². The van der Waals surface area contributed by atoms with Gasteiger partial charge in [0.05, 0.1) is 0 Å². The van der Waals surface area contributed by atoms with Crippen molar-refractivity contribution in [1.82, 2.24) is 4.90 Å². The largest absolute Gasteiger partial charge is 0.337 e. The molecule has 1 saturated heterocycles. The molecular weight excluding hydrogens is 387 g/mol. The lowest BCUT2D eigenvalue weighted by Gasteiger charge is -2.39. The molecule has 3 nitrogen and oxygen atoms in total. The van der Waals surface area contributed by atoms with E-state index in [0.717, 1.165) is 32.5 Å². The second-order valence-corrected chi connectivity index (χ2v) is 8.56. The molecule has 2 unspecified atom stereocenters. The number of Topliss-reactive ketones (excluding diaryl/α,β-unsaturated/α-hetero) is 1. The van der Waals surface area contributed by atoms with Gasteiger partial charge in [-0.15, -0.1) is 0 Å². The van der Waals surface area contributed by atoms with Gasteiger partial charge in [0.25, 0.3) is 0 Å². The van der Waals surface area contributed by atoms with Gasteiger partial charge in [0, 0.05) is 48.4 Å². The molecule has 0 N–H and O–H groups in total. The van der Waals surface area contributed by atoms with E-state index in [-0.39, 0.29) is 11.6 Å². The number of piperidine rings is 1. The van der Waals surface area contributed by atoms with Gasteiger partial charge >= 0.3 is 0 Å². The number of hydrogen-bond acceptors (Lipinski definition) is 3. The molecule has 158 valence electrons. The molecule has 5 rings (SSSR count). The van der Waals surface area contributed by atoms with Crippen LogP contribution in [0.4, 0.5) is 15.8 Å². The molecule has 0 spiro atoms. The summed E-state index contributed by atoms with van der Waals surface area (Å²) in [6.07, 6.45) is 2.45. The van der Waals surface area contributed by atoms with Crippen LogP contribution >= 0.6 is 0 Å². The molecule has 1 fully saturated rings. The minimum atomic E-state index is -0.305. The lowest BCUT2D eigenvalue weighted by Crippen LogP contribution is -2.45. The Bertz CT molecular complexity index is 1050. The maximum Gasteiger partial charge on any atom is 0.162 e. The van der Waals surface area contributed by atoms with Crippen molar-refractivity contribution in [1.29, 1.82) is 0 Å². The molecule has 2 aliphatic heterocycles. The molecule has 2 heterocycles. The number of halogens is 1. The average Bonchev–Trinajstić information content (AvgIpc) is 3.14. The Hall–Kier alpha value is -2.98. The number of carbonyl (C=O) groups excluding carboxylic acids is 1. The van der Waals surface area contributed by atoms with Gasteiger partial charge in [0.2, 0.25) is 0 Å². The van der Waals surface area contributed by atoms with E-state index >= 15 is 0 Å². The summed E-state index contributed by atoms with van der Waals surface area (Å²) >= 11 is 0. The second kappa shape index (κ2) is 8.64. The number of nitrogens with zero attached hydrogens (tertiary/aromatic N) is 2. The highest BCUT2D eigenvalue weighted by Crippen LogP contribution is 2.48. The van der Waals surface area contributed by atoms with Gasteiger partial charge in [-0.2, -0.15) is 0 Å². The SMILES string of the molecule is O=C(CCCN1CCC2C(C1)c1ccccc1N2c1ccccc1)c1ccc(F)cc1. The first-order valence-corrected chi connectivity index (χ1v) is 11.1. The quantitative estimate of drug-likeness (QED) is 0.477. The summed E-state index contributed by atoms with van der Waals surface area (Å²) in [6, 6.07) is 25.8. The Balaban J connectivity index is 1.24. The molecule has 0 radical (unpaired) electrons. The summed E-state index contributed by atoms with van der Waals surface area (Å²) < 4.78 is 13.1. The number of carbonyl (C=O) groups is 1. The molecule has 3 aromatic carbocycles. The lowest BCUT2D eigenvalue weighted by atomic mass is 9.89. The van der Waals surface area contributed by atoms with Crippen LogP contribution < -0.4 is 4.90 Å². The van der Waals surface area contributed by atoms with Crippen LogP contribution in [-0.2, 0) is 0 Å². The summed E-state index contributed by atoms with van der Waals surface area (Å²) in [5.74, 6) is 0.273. The first-order valence-electron chi connectivity index (χ1n) is 11.1. The Morgan fingerprint density at radius 1 is 0.935 bits per heavy atom. The molecule has 3 aromatic rings. The van der Waals surface area contributed by atoms with Crippen LogP contribution in [0.15, 0.2) is 78.9 Å². The van der Waals surface area contributed by atoms with E-state index in [1.807, 2.05) is 0 Å². The van der Waals surface area contributed by atoms with E-state index in [9.17, 15) is 9.18 Å². The Labute approximate surface area is 183 Å². The van der Waals surface area contributed by atoms with Gasteiger partial charge in [-0.05, 0) is 67.4 Å². The minimum Gasteiger partial charge on any atom is -0.337 e. The second-order valence-electron chi connectivity index (χ2n) is 8.56. The number of anilines is 2. The van der Waals surface area contributed by atoms with Crippen LogP contribution in [-0.4, -0.2) is 36.4 Å². The zero-order chi connectivity index (χ0) is 21.2. The normalized spacial score (nSPS) is 20.4. The van der Waals surface area contributed by atoms with Crippen molar-refractivity contribution in [2.45, 2.75) is 31.2 Å². The fraction of sp³-hybridized carbons (Fsp3) is 0.296. The number of likely N-dealkylation sites (tertiary alicyclic amines) is 1. The van der Waals surface area contributed by atoms with Crippen molar-refractivity contribution in [3.63, 3.8) is 0 Å². The molecule has 4 heteroatoms. The molecule has 31 heavy (non-hydrogen) atoms. The molecule has 0 bridgehead atoms. The standard InChI is InChI=1S/C27H27FN2O/c28-21-14-12-20(13-15-21)27(31)11-6-17-29-18-16-26-24(19-29)23-9-4-5-10-25(23)30(26)22-7-2-1-3-8-22/h1-5,7-10,12-15,24,26H,6,11,16-19H2. The molecule has 0 saturated carbocycles. The first kappa shape index (κ1) is 20.0. The minimum absolute atomic E-state index is 0.0938. The van der Waals surface area contributed by atoms with Gasteiger partial charge in [-0.3, -0.25) is 4.79 Å². The summed E-state index contributed by atoms with van der Waals surface area (Å²) in [7, 11) is 0. The lowest BCUT2D eigenvalue weighted by molar-refractivity contribution is 0.0971. The Morgan fingerprint density at radius 3 is 2.48 bits per heavy atom. The number of hydrogen-bond donors (Lipinski definition) is 0. The predicted octanol–water partition coefficient (Wildman–Crippen LogP) is 5.80. The highest BCUT2D eigenvalue weighted by molar-refractivity contribution is 5.95. The summed E-state index contributed by atoms with van der Waals surface area (Å²) in [5.41, 5.74) is 4.63. The molecule has 2 atom stereocenters. The smallest absolute Gasteiger partial charge is 0.162 e. The number of fused-ring (bicyclic) bond motifs is 3. The third kappa shape index (κ3) is 4.00. The molecule has 0 amide bonds. The van der Waals surface area contributed by atoms with E-state index < -0.39 is 0 Å².